The van der Waals surface area contributed by atoms with Gasteiger partial charge >= 0.3 is 32.7 Å². The normalized spacial score (nSPS) is 40.0. The van der Waals surface area contributed by atoms with E-state index in [2.05, 4.69) is 6.92 Å². The number of rotatable bonds is 2. The first-order valence-electron chi connectivity index (χ1n) is 9.16. The van der Waals surface area contributed by atoms with Gasteiger partial charge in [-0.2, -0.15) is 5.92 Å². The van der Waals surface area contributed by atoms with E-state index in [4.69, 9.17) is 0 Å². The van der Waals surface area contributed by atoms with Crippen molar-refractivity contribution in [2.45, 2.75) is 83.5 Å². The molecule has 110 valence electrons. The van der Waals surface area contributed by atoms with Crippen LogP contribution in [0.15, 0.2) is 0 Å². The smallest absolute Gasteiger partial charge is 0.340 e. The molecule has 20 heavy (non-hydrogen) atoms. The quantitative estimate of drug-likeness (QED) is 0.535. The molecule has 0 radical (unpaired) electrons. The van der Waals surface area contributed by atoms with E-state index in [9.17, 15) is 0 Å². The van der Waals surface area contributed by atoms with Crippen LogP contribution < -0.4 is 0 Å². The topological polar surface area (TPSA) is 0 Å². The summed E-state index contributed by atoms with van der Waals surface area (Å²) in [6.45, 7) is 4.25. The summed E-state index contributed by atoms with van der Waals surface area (Å²) in [5.74, 6) is 5.17. The maximum absolute atomic E-state index is 4.25. The van der Waals surface area contributed by atoms with Crippen LogP contribution in [0.2, 0.25) is 0 Å². The van der Waals surface area contributed by atoms with Crippen molar-refractivity contribution in [1.82, 2.24) is 0 Å². The Morgan fingerprint density at radius 2 is 0.800 bits per heavy atom. The Labute approximate surface area is 152 Å². The molecule has 0 aromatic heterocycles. The molecule has 0 aromatic carbocycles. The fourth-order valence-electron chi connectivity index (χ4n) is 5.35. The van der Waals surface area contributed by atoms with Crippen molar-refractivity contribution in [1.29, 1.82) is 0 Å². The van der Waals surface area contributed by atoms with Crippen molar-refractivity contribution in [3.63, 3.8) is 0 Å². The van der Waals surface area contributed by atoms with E-state index < -0.39 is 0 Å². The van der Waals surface area contributed by atoms with Crippen LogP contribution in [0.1, 0.15) is 83.5 Å². The second kappa shape index (κ2) is 8.66. The third-order valence-corrected chi connectivity index (χ3v) is 6.69. The van der Waals surface area contributed by atoms with Crippen LogP contribution in [-0.4, -0.2) is 0 Å². The Kier molecular flexibility index (Phi) is 7.56. The molecular formula is C19H33Y+2. The van der Waals surface area contributed by atoms with Crippen LogP contribution in [0.3, 0.4) is 0 Å². The van der Waals surface area contributed by atoms with Crippen molar-refractivity contribution >= 4 is 0 Å². The van der Waals surface area contributed by atoms with Gasteiger partial charge in [0.05, 0.1) is 0 Å². The first kappa shape index (κ1) is 17.5. The maximum atomic E-state index is 4.25. The third kappa shape index (κ3) is 4.55. The zero-order valence-electron chi connectivity index (χ0n) is 13.4. The molecule has 0 amide bonds. The molecule has 0 aromatic rings. The molecule has 3 saturated carbocycles. The molecule has 0 atom stereocenters. The molecule has 3 fully saturated rings. The predicted molar refractivity (Wildman–Crippen MR) is 82.8 cm³/mol. The predicted octanol–water partition coefficient (Wildman–Crippen LogP) is 6.01. The van der Waals surface area contributed by atoms with Crippen LogP contribution >= 0.6 is 0 Å². The molecule has 0 bridgehead atoms. The average Bonchev–Trinajstić information content (AvgIpc) is 2.49. The summed E-state index contributed by atoms with van der Waals surface area (Å²) in [6.07, 6.45) is 19.8. The van der Waals surface area contributed by atoms with E-state index in [-0.39, 0.29) is 32.7 Å². The Morgan fingerprint density at radius 3 is 1.25 bits per heavy atom. The van der Waals surface area contributed by atoms with Crippen molar-refractivity contribution in [2.75, 3.05) is 0 Å². The standard InChI is InChI=1S/C19H33.Y/c1-15-7-9-17(10-8-15)19-13-11-18(12-14-19)16-5-3-2-4-6-16;/h15-19H,1-14H2;/q-1;+3. The largest absolute Gasteiger partial charge is 3.00 e. The van der Waals surface area contributed by atoms with E-state index in [0.29, 0.717) is 0 Å². The first-order chi connectivity index (χ1) is 9.33. The van der Waals surface area contributed by atoms with Crippen molar-refractivity contribution in [3.05, 3.63) is 6.92 Å². The minimum absolute atomic E-state index is 0. The molecule has 0 aliphatic heterocycles. The van der Waals surface area contributed by atoms with E-state index in [0.717, 1.165) is 29.6 Å². The molecule has 3 rings (SSSR count). The summed E-state index contributed by atoms with van der Waals surface area (Å²) in [7, 11) is 0. The molecule has 0 saturated heterocycles. The third-order valence-electron chi connectivity index (χ3n) is 6.69. The van der Waals surface area contributed by atoms with Gasteiger partial charge in [-0.3, -0.25) is 0 Å². The Bertz CT molecular complexity index is 253. The van der Waals surface area contributed by atoms with Crippen LogP contribution in [0.4, 0.5) is 0 Å². The molecule has 0 nitrogen and oxygen atoms in total. The van der Waals surface area contributed by atoms with E-state index in [1.165, 1.54) is 44.9 Å². The molecule has 1 heteroatoms. The second-order valence-corrected chi connectivity index (χ2v) is 7.85. The van der Waals surface area contributed by atoms with Gasteiger partial charge in [0.2, 0.25) is 0 Å². The zero-order valence-corrected chi connectivity index (χ0v) is 16.2. The summed E-state index contributed by atoms with van der Waals surface area (Å²) >= 11 is 0. The SMILES string of the molecule is [CH2-]C1CCC(C2CCC(C3CCCCC3)CC2)CC1.[Y+3]. The second-order valence-electron chi connectivity index (χ2n) is 7.85. The summed E-state index contributed by atoms with van der Waals surface area (Å²) in [5, 5.41) is 0. The number of hydrogen-bond acceptors (Lipinski definition) is 0. The van der Waals surface area contributed by atoms with Crippen molar-refractivity contribution in [3.8, 4) is 0 Å². The van der Waals surface area contributed by atoms with Crippen LogP contribution in [-0.2, 0) is 32.7 Å². The van der Waals surface area contributed by atoms with Gasteiger partial charge in [-0.1, -0.05) is 57.8 Å². The molecule has 0 spiro atoms. The molecular weight excluding hydrogens is 317 g/mol. The summed E-state index contributed by atoms with van der Waals surface area (Å²) in [6, 6.07) is 0. The molecule has 0 heterocycles. The zero-order chi connectivity index (χ0) is 13.1. The fourth-order valence-corrected chi connectivity index (χ4v) is 5.35. The van der Waals surface area contributed by atoms with Gasteiger partial charge in [0.1, 0.15) is 0 Å². The molecule has 3 aliphatic carbocycles. The van der Waals surface area contributed by atoms with Crippen LogP contribution in [0.5, 0.6) is 0 Å². The van der Waals surface area contributed by atoms with Gasteiger partial charge in [0.15, 0.2) is 0 Å². The molecule has 0 N–H and O–H groups in total. The Hall–Kier alpha value is 1.10. The average molecular weight is 350 g/mol. The van der Waals surface area contributed by atoms with Gasteiger partial charge in [0, 0.05) is 0 Å². The van der Waals surface area contributed by atoms with Gasteiger partial charge in [-0.15, -0.1) is 0 Å². The Morgan fingerprint density at radius 1 is 0.450 bits per heavy atom. The Balaban J connectivity index is 0.00000147. The maximum Gasteiger partial charge on any atom is 3.00 e. The van der Waals surface area contributed by atoms with Crippen LogP contribution in [0.25, 0.3) is 0 Å². The van der Waals surface area contributed by atoms with Crippen molar-refractivity contribution in [2.24, 2.45) is 29.6 Å². The monoisotopic (exact) mass is 350 g/mol. The van der Waals surface area contributed by atoms with Gasteiger partial charge in [-0.05, 0) is 49.4 Å². The summed E-state index contributed by atoms with van der Waals surface area (Å²) in [5.41, 5.74) is 0. The van der Waals surface area contributed by atoms with Gasteiger partial charge in [-0.25, -0.2) is 0 Å². The van der Waals surface area contributed by atoms with Gasteiger partial charge in [0.25, 0.3) is 0 Å². The van der Waals surface area contributed by atoms with E-state index in [1.807, 2.05) is 0 Å². The first-order valence-corrected chi connectivity index (χ1v) is 9.16. The van der Waals surface area contributed by atoms with E-state index >= 15 is 0 Å². The molecule has 3 aliphatic rings. The minimum atomic E-state index is 0. The van der Waals surface area contributed by atoms with Crippen molar-refractivity contribution < 1.29 is 32.7 Å². The fraction of sp³-hybridized carbons (Fsp3) is 0.947. The summed E-state index contributed by atoms with van der Waals surface area (Å²) in [4.78, 5) is 0. The van der Waals surface area contributed by atoms with Gasteiger partial charge < -0.3 is 6.92 Å². The van der Waals surface area contributed by atoms with Crippen LogP contribution in [0, 0.1) is 36.5 Å². The van der Waals surface area contributed by atoms with E-state index in [1.54, 1.807) is 38.5 Å². The minimum Gasteiger partial charge on any atom is -0.340 e. The number of hydrogen-bond donors (Lipinski definition) is 0. The molecule has 0 unspecified atom stereocenters. The summed E-state index contributed by atoms with van der Waals surface area (Å²) < 4.78 is 0.